The van der Waals surface area contributed by atoms with Gasteiger partial charge in [-0.05, 0) is 70.2 Å². The van der Waals surface area contributed by atoms with Crippen LogP contribution in [0.5, 0.6) is 0 Å². The summed E-state index contributed by atoms with van der Waals surface area (Å²) in [6, 6.07) is 6.24. The van der Waals surface area contributed by atoms with Crippen LogP contribution in [-0.2, 0) is 23.9 Å². The SMILES string of the molecule is C=CCN(C(=O)C1N([C@@H](CO)[C@@H](C)CC)C(=O)[C@@H]2[C@@H](C(=O)OCC)[C@@]3(CC)CCC12O3)c1ccc(N(CC)CC)cc1. The van der Waals surface area contributed by atoms with Crippen LogP contribution < -0.4 is 9.80 Å². The average molecular weight is 584 g/mol. The quantitative estimate of drug-likeness (QED) is 0.259. The molecule has 0 aromatic heterocycles. The summed E-state index contributed by atoms with van der Waals surface area (Å²) in [5, 5.41) is 10.6. The fourth-order valence-electron chi connectivity index (χ4n) is 7.73. The Morgan fingerprint density at radius 3 is 2.31 bits per heavy atom. The van der Waals surface area contributed by atoms with Gasteiger partial charge < -0.3 is 29.3 Å². The maximum Gasteiger partial charge on any atom is 0.312 e. The highest BCUT2D eigenvalue weighted by molar-refractivity contribution is 6.05. The summed E-state index contributed by atoms with van der Waals surface area (Å²) >= 11 is 0. The van der Waals surface area contributed by atoms with Gasteiger partial charge >= 0.3 is 5.97 Å². The minimum atomic E-state index is -1.19. The minimum Gasteiger partial charge on any atom is -0.466 e. The smallest absolute Gasteiger partial charge is 0.312 e. The minimum absolute atomic E-state index is 0.0796. The van der Waals surface area contributed by atoms with Crippen LogP contribution in [0.3, 0.4) is 0 Å². The molecule has 2 bridgehead atoms. The van der Waals surface area contributed by atoms with E-state index in [0.29, 0.717) is 31.4 Å². The Hall–Kier alpha value is -2.91. The first-order valence-electron chi connectivity index (χ1n) is 15.7. The molecule has 1 N–H and O–H groups in total. The van der Waals surface area contributed by atoms with E-state index in [2.05, 4.69) is 25.3 Å². The molecule has 4 rings (SSSR count). The van der Waals surface area contributed by atoms with E-state index in [-0.39, 0.29) is 37.5 Å². The van der Waals surface area contributed by atoms with Crippen molar-refractivity contribution in [1.82, 2.24) is 4.90 Å². The zero-order valence-corrected chi connectivity index (χ0v) is 26.2. The number of carbonyl (C=O) groups excluding carboxylic acids is 3. The molecule has 3 aliphatic rings. The van der Waals surface area contributed by atoms with Gasteiger partial charge in [0.05, 0.1) is 30.8 Å². The number of amides is 2. The van der Waals surface area contributed by atoms with E-state index in [4.69, 9.17) is 9.47 Å². The molecule has 3 heterocycles. The van der Waals surface area contributed by atoms with Crippen molar-refractivity contribution >= 4 is 29.2 Å². The topological polar surface area (TPSA) is 99.6 Å². The van der Waals surface area contributed by atoms with Crippen molar-refractivity contribution in [3.8, 4) is 0 Å². The summed E-state index contributed by atoms with van der Waals surface area (Å²) < 4.78 is 12.4. The molecule has 42 heavy (non-hydrogen) atoms. The van der Waals surface area contributed by atoms with Gasteiger partial charge in [-0.2, -0.15) is 0 Å². The van der Waals surface area contributed by atoms with E-state index < -0.39 is 41.1 Å². The van der Waals surface area contributed by atoms with Crippen LogP contribution in [0, 0.1) is 17.8 Å². The maximum atomic E-state index is 14.9. The Bertz CT molecular complexity index is 1150. The second-order valence-corrected chi connectivity index (χ2v) is 11.9. The first-order valence-corrected chi connectivity index (χ1v) is 15.7. The zero-order valence-electron chi connectivity index (χ0n) is 26.2. The van der Waals surface area contributed by atoms with Crippen molar-refractivity contribution in [3.63, 3.8) is 0 Å². The van der Waals surface area contributed by atoms with E-state index >= 15 is 0 Å². The van der Waals surface area contributed by atoms with E-state index in [9.17, 15) is 19.5 Å². The maximum absolute atomic E-state index is 14.9. The summed E-state index contributed by atoms with van der Waals surface area (Å²) in [7, 11) is 0. The van der Waals surface area contributed by atoms with Crippen molar-refractivity contribution < 1.29 is 29.0 Å². The van der Waals surface area contributed by atoms with Gasteiger partial charge in [0.15, 0.2) is 0 Å². The van der Waals surface area contributed by atoms with Gasteiger partial charge in [0.1, 0.15) is 17.6 Å². The second-order valence-electron chi connectivity index (χ2n) is 11.9. The standard InChI is InChI=1S/C33H49N3O6/c1-8-20-35(24-16-14-23(15-17-24)34(11-4)12-5)30(39)28-33-19-18-32(10-3,42-33)27(31(40)41-13-6)26(33)29(38)36(28)25(21-37)22(7)9-2/h8,14-17,22,25-28,37H,1,9-13,18-21H2,2-7H3/t22-,25-,26-,27-,28?,32+,33?/m0/s1. The van der Waals surface area contributed by atoms with E-state index in [1.165, 1.54) is 0 Å². The molecule has 232 valence electrons. The number of anilines is 2. The first kappa shape index (κ1) is 32.0. The third kappa shape index (κ3) is 4.92. The second kappa shape index (κ2) is 12.8. The molecule has 0 saturated carbocycles. The van der Waals surface area contributed by atoms with Crippen LogP contribution in [0.2, 0.25) is 0 Å². The summed E-state index contributed by atoms with van der Waals surface area (Å²) in [5.41, 5.74) is -0.310. The first-order chi connectivity index (χ1) is 20.1. The fraction of sp³-hybridized carbons (Fsp3) is 0.667. The molecule has 7 atom stereocenters. The van der Waals surface area contributed by atoms with Crippen molar-refractivity contribution in [2.75, 3.05) is 42.6 Å². The lowest BCUT2D eigenvalue weighted by Gasteiger charge is -2.41. The van der Waals surface area contributed by atoms with Gasteiger partial charge in [0.2, 0.25) is 5.91 Å². The molecule has 3 fully saturated rings. The molecule has 0 aliphatic carbocycles. The van der Waals surface area contributed by atoms with Gasteiger partial charge in [-0.25, -0.2) is 0 Å². The zero-order chi connectivity index (χ0) is 30.8. The van der Waals surface area contributed by atoms with Crippen molar-refractivity contribution in [3.05, 3.63) is 36.9 Å². The molecule has 3 aliphatic heterocycles. The van der Waals surface area contributed by atoms with Crippen LogP contribution >= 0.6 is 0 Å². The van der Waals surface area contributed by atoms with Gasteiger partial charge in [-0.3, -0.25) is 14.4 Å². The van der Waals surface area contributed by atoms with Gasteiger partial charge in [0.25, 0.3) is 5.91 Å². The number of likely N-dealkylation sites (tertiary alicyclic amines) is 1. The van der Waals surface area contributed by atoms with Gasteiger partial charge in [0, 0.05) is 31.0 Å². The van der Waals surface area contributed by atoms with Crippen molar-refractivity contribution in [1.29, 1.82) is 0 Å². The van der Waals surface area contributed by atoms with Gasteiger partial charge in [-0.1, -0.05) is 33.3 Å². The van der Waals surface area contributed by atoms with Crippen LogP contribution in [0.4, 0.5) is 11.4 Å². The number of hydrogen-bond donors (Lipinski definition) is 1. The largest absolute Gasteiger partial charge is 0.466 e. The van der Waals surface area contributed by atoms with Gasteiger partial charge in [-0.15, -0.1) is 6.58 Å². The van der Waals surface area contributed by atoms with Crippen LogP contribution in [-0.4, -0.2) is 83.9 Å². The number of carbonyl (C=O) groups is 3. The lowest BCUT2D eigenvalue weighted by atomic mass is 9.65. The van der Waals surface area contributed by atoms with Crippen LogP contribution in [0.25, 0.3) is 0 Å². The number of rotatable bonds is 14. The van der Waals surface area contributed by atoms with Crippen LogP contribution in [0.15, 0.2) is 36.9 Å². The highest BCUT2D eigenvalue weighted by atomic mass is 16.6. The lowest BCUT2D eigenvalue weighted by molar-refractivity contribution is -0.162. The average Bonchev–Trinajstić information content (AvgIpc) is 3.61. The number of benzene rings is 1. The predicted molar refractivity (Wildman–Crippen MR) is 163 cm³/mol. The molecule has 1 aromatic rings. The summed E-state index contributed by atoms with van der Waals surface area (Å²) in [4.78, 5) is 48.3. The van der Waals surface area contributed by atoms with Crippen molar-refractivity contribution in [2.24, 2.45) is 17.8 Å². The Kier molecular flexibility index (Phi) is 9.72. The number of aliphatic hydroxyl groups excluding tert-OH is 1. The predicted octanol–water partition coefficient (Wildman–Crippen LogP) is 4.18. The number of aliphatic hydroxyl groups is 1. The van der Waals surface area contributed by atoms with E-state index in [1.54, 1.807) is 22.8 Å². The summed E-state index contributed by atoms with van der Waals surface area (Å²) in [6.45, 7) is 17.7. The lowest BCUT2D eigenvalue weighted by Crippen LogP contribution is -2.60. The highest BCUT2D eigenvalue weighted by Gasteiger charge is 2.79. The molecule has 0 radical (unpaired) electrons. The highest BCUT2D eigenvalue weighted by Crippen LogP contribution is 2.65. The molecule has 1 aromatic carbocycles. The number of ether oxygens (including phenoxy) is 2. The molecule has 2 amide bonds. The number of hydrogen-bond acceptors (Lipinski definition) is 7. The van der Waals surface area contributed by atoms with E-state index in [1.807, 2.05) is 45.0 Å². The molecule has 9 heteroatoms. The summed E-state index contributed by atoms with van der Waals surface area (Å²) in [5.74, 6) is -2.79. The fourth-order valence-corrected chi connectivity index (χ4v) is 7.73. The summed E-state index contributed by atoms with van der Waals surface area (Å²) in [6.07, 6.45) is 3.94. The Morgan fingerprint density at radius 1 is 1.14 bits per heavy atom. The molecular weight excluding hydrogens is 534 g/mol. The van der Waals surface area contributed by atoms with E-state index in [0.717, 1.165) is 18.8 Å². The van der Waals surface area contributed by atoms with Crippen molar-refractivity contribution in [2.45, 2.75) is 90.5 Å². The third-order valence-electron chi connectivity index (χ3n) is 10.1. The molecule has 9 nitrogen and oxygen atoms in total. The Morgan fingerprint density at radius 2 is 1.79 bits per heavy atom. The number of fused-ring (bicyclic) bond motifs is 1. The Balaban J connectivity index is 1.84. The number of nitrogens with zero attached hydrogens (tertiary/aromatic N) is 3. The normalized spacial score (nSPS) is 29.3. The Labute approximate surface area is 250 Å². The van der Waals surface area contributed by atoms with Crippen LogP contribution in [0.1, 0.15) is 67.2 Å². The number of esters is 1. The molecule has 1 spiro atoms. The monoisotopic (exact) mass is 583 g/mol. The third-order valence-corrected chi connectivity index (χ3v) is 10.1. The molecule has 2 unspecified atom stereocenters. The molecular formula is C33H49N3O6. The molecule has 3 saturated heterocycles.